The topological polar surface area (TPSA) is 106 Å². The molecular formula is C26H42N2O7Si. The average Bonchev–Trinajstić information content (AvgIpc) is 3.33. The van der Waals surface area contributed by atoms with Gasteiger partial charge in [0, 0.05) is 20.3 Å². The van der Waals surface area contributed by atoms with Crippen LogP contribution in [0, 0.1) is 23.2 Å². The van der Waals surface area contributed by atoms with Gasteiger partial charge in [0.05, 0.1) is 24.6 Å². The maximum Gasteiger partial charge on any atom is 0.410 e. The molecule has 202 valence electrons. The van der Waals surface area contributed by atoms with Crippen LogP contribution in [0.3, 0.4) is 0 Å². The number of methoxy groups -OCH3 is 1. The van der Waals surface area contributed by atoms with Crippen molar-refractivity contribution >= 4 is 27.0 Å². The van der Waals surface area contributed by atoms with Crippen molar-refractivity contribution in [2.75, 3.05) is 33.5 Å². The normalized spacial score (nSPS) is 26.8. The molecule has 1 N–H and O–H groups in total. The second kappa shape index (κ2) is 11.5. The Morgan fingerprint density at radius 3 is 2.56 bits per heavy atom. The van der Waals surface area contributed by atoms with E-state index in [9.17, 15) is 19.5 Å². The molecule has 3 heterocycles. The highest BCUT2D eigenvalue weighted by molar-refractivity contribution is 6.48. The van der Waals surface area contributed by atoms with E-state index in [0.29, 0.717) is 39.0 Å². The van der Waals surface area contributed by atoms with Gasteiger partial charge in [0.15, 0.2) is 9.04 Å². The first-order chi connectivity index (χ1) is 16.9. The number of nitrogens with zero attached hydrogens (tertiary/aromatic N) is 2. The molecule has 0 spiro atoms. The fraction of sp³-hybridized carbons (Fsp3) is 0.731. The summed E-state index contributed by atoms with van der Waals surface area (Å²) in [6.45, 7) is 15.7. The smallest absolute Gasteiger partial charge is 0.410 e. The Balaban J connectivity index is 1.77. The predicted molar refractivity (Wildman–Crippen MR) is 138 cm³/mol. The SMILES string of the molecule is C=CCOC(=O)N1CC(CC2=C(C(=O)O)N3C(=O)[C@@H]([C@@H](CO[SiH](C)C)C(C)(C)C)[C@H]3C2)C[C@H]1COC. The monoisotopic (exact) mass is 522 g/mol. The molecule has 36 heavy (non-hydrogen) atoms. The Hall–Kier alpha value is -2.17. The lowest BCUT2D eigenvalue weighted by Gasteiger charge is -2.50. The Labute approximate surface area is 216 Å². The van der Waals surface area contributed by atoms with Crippen molar-refractivity contribution in [2.45, 2.75) is 65.2 Å². The van der Waals surface area contributed by atoms with E-state index in [-0.39, 0.29) is 53.5 Å². The highest BCUT2D eigenvalue weighted by atomic mass is 28.3. The number of β-lactam (4-membered cyclic amide) rings is 1. The lowest BCUT2D eigenvalue weighted by Crippen LogP contribution is -2.63. The lowest BCUT2D eigenvalue weighted by atomic mass is 9.66. The maximum atomic E-state index is 13.3. The lowest BCUT2D eigenvalue weighted by molar-refractivity contribution is -0.162. The van der Waals surface area contributed by atoms with Gasteiger partial charge >= 0.3 is 12.1 Å². The standard InChI is InChI=1S/C26H42N2O7Si/c1-8-9-34-25(32)27-13-16(11-18(27)14-33-5)10-17-12-20-21(23(29)28(20)22(17)24(30)31)19(26(2,3)4)15-35-36(6)7/h8,16,18-21,36H,1,9-15H2,2-7H3,(H,30,31)/t16?,18-,19+,20+,21-/m0/s1. The van der Waals surface area contributed by atoms with Crippen molar-refractivity contribution in [2.24, 2.45) is 23.2 Å². The molecule has 0 saturated carbocycles. The highest BCUT2D eigenvalue weighted by Gasteiger charge is 2.59. The molecule has 2 amide bonds. The summed E-state index contributed by atoms with van der Waals surface area (Å²) in [5.74, 6) is -1.35. The van der Waals surface area contributed by atoms with Gasteiger partial charge in [0.1, 0.15) is 12.3 Å². The molecule has 9 nitrogen and oxygen atoms in total. The quantitative estimate of drug-likeness (QED) is 0.252. The number of amides is 2. The van der Waals surface area contributed by atoms with Crippen LogP contribution in [-0.2, 0) is 23.5 Å². The van der Waals surface area contributed by atoms with Crippen LogP contribution in [0.25, 0.3) is 0 Å². The summed E-state index contributed by atoms with van der Waals surface area (Å²) in [4.78, 5) is 41.4. The van der Waals surface area contributed by atoms with Crippen LogP contribution in [0.2, 0.25) is 13.1 Å². The van der Waals surface area contributed by atoms with Crippen molar-refractivity contribution in [1.29, 1.82) is 0 Å². The molecule has 0 aliphatic carbocycles. The zero-order chi connectivity index (χ0) is 26.8. The first-order valence-electron chi connectivity index (χ1n) is 12.8. The number of rotatable bonds is 11. The van der Waals surface area contributed by atoms with E-state index in [2.05, 4.69) is 40.4 Å². The van der Waals surface area contributed by atoms with Crippen LogP contribution in [0.15, 0.2) is 23.9 Å². The third-order valence-electron chi connectivity index (χ3n) is 7.61. The molecule has 3 rings (SSSR count). The van der Waals surface area contributed by atoms with Gasteiger partial charge in [-0.25, -0.2) is 9.59 Å². The first kappa shape index (κ1) is 28.4. The van der Waals surface area contributed by atoms with E-state index in [4.69, 9.17) is 13.9 Å². The van der Waals surface area contributed by atoms with Crippen LogP contribution in [0.4, 0.5) is 4.79 Å². The maximum absolute atomic E-state index is 13.3. The van der Waals surface area contributed by atoms with Crippen molar-refractivity contribution < 1.29 is 33.4 Å². The van der Waals surface area contributed by atoms with Gasteiger partial charge < -0.3 is 28.8 Å². The number of hydrogen-bond acceptors (Lipinski definition) is 6. The third-order valence-corrected chi connectivity index (χ3v) is 8.47. The zero-order valence-corrected chi connectivity index (χ0v) is 23.6. The summed E-state index contributed by atoms with van der Waals surface area (Å²) in [6.07, 6.45) is 2.87. The second-order valence-corrected chi connectivity index (χ2v) is 14.0. The molecule has 3 aliphatic heterocycles. The minimum Gasteiger partial charge on any atom is -0.477 e. The van der Waals surface area contributed by atoms with E-state index >= 15 is 0 Å². The molecule has 0 aromatic heterocycles. The zero-order valence-electron chi connectivity index (χ0n) is 22.5. The number of likely N-dealkylation sites (tertiary alicyclic amines) is 1. The predicted octanol–water partition coefficient (Wildman–Crippen LogP) is 3.27. The molecule has 0 bridgehead atoms. The van der Waals surface area contributed by atoms with E-state index in [1.807, 2.05) is 0 Å². The number of hydrogen-bond donors (Lipinski definition) is 1. The molecule has 2 fully saturated rings. The highest BCUT2D eigenvalue weighted by Crippen LogP contribution is 2.51. The summed E-state index contributed by atoms with van der Waals surface area (Å²) in [6, 6.07) is -0.285. The Morgan fingerprint density at radius 2 is 2.00 bits per heavy atom. The van der Waals surface area contributed by atoms with E-state index in [1.165, 1.54) is 11.0 Å². The van der Waals surface area contributed by atoms with Crippen molar-refractivity contribution in [3.63, 3.8) is 0 Å². The van der Waals surface area contributed by atoms with E-state index < -0.39 is 21.1 Å². The third kappa shape index (κ3) is 5.86. The Kier molecular flexibility index (Phi) is 9.05. The minimum absolute atomic E-state index is 0.0169. The van der Waals surface area contributed by atoms with Crippen LogP contribution < -0.4 is 0 Å². The number of carbonyl (C=O) groups is 3. The number of ether oxygens (including phenoxy) is 2. The molecule has 1 unspecified atom stereocenters. The summed E-state index contributed by atoms with van der Waals surface area (Å²) < 4.78 is 16.6. The minimum atomic E-state index is -1.26. The number of fused-ring (bicyclic) bond motifs is 1. The largest absolute Gasteiger partial charge is 0.477 e. The summed E-state index contributed by atoms with van der Waals surface area (Å²) >= 11 is 0. The number of aliphatic carboxylic acids is 1. The first-order valence-corrected chi connectivity index (χ1v) is 15.6. The van der Waals surface area contributed by atoms with Crippen molar-refractivity contribution in [1.82, 2.24) is 9.80 Å². The molecule has 0 aromatic carbocycles. The summed E-state index contributed by atoms with van der Waals surface area (Å²) in [5, 5.41) is 10.0. The molecule has 0 aromatic rings. The molecule has 0 radical (unpaired) electrons. The van der Waals surface area contributed by atoms with Gasteiger partial charge in [-0.05, 0) is 55.2 Å². The van der Waals surface area contributed by atoms with Gasteiger partial charge in [-0.15, -0.1) is 0 Å². The molecular weight excluding hydrogens is 480 g/mol. The second-order valence-electron chi connectivity index (χ2n) is 11.6. The fourth-order valence-corrected chi connectivity index (χ4v) is 6.53. The van der Waals surface area contributed by atoms with Crippen LogP contribution in [0.5, 0.6) is 0 Å². The van der Waals surface area contributed by atoms with Crippen LogP contribution in [-0.4, -0.2) is 87.5 Å². The van der Waals surface area contributed by atoms with Crippen molar-refractivity contribution in [3.8, 4) is 0 Å². The average molecular weight is 523 g/mol. The van der Waals surface area contributed by atoms with Gasteiger partial charge in [0.2, 0.25) is 5.91 Å². The van der Waals surface area contributed by atoms with Gasteiger partial charge in [0.25, 0.3) is 0 Å². The summed E-state index contributed by atoms with van der Waals surface area (Å²) in [5.41, 5.74) is 0.772. The number of carboxylic acid groups (broad SMARTS) is 1. The van der Waals surface area contributed by atoms with Crippen molar-refractivity contribution in [3.05, 3.63) is 23.9 Å². The van der Waals surface area contributed by atoms with Crippen LogP contribution in [0.1, 0.15) is 40.0 Å². The van der Waals surface area contributed by atoms with E-state index in [1.54, 1.807) is 12.0 Å². The van der Waals surface area contributed by atoms with E-state index in [0.717, 1.165) is 5.57 Å². The number of carbonyl (C=O) groups excluding carboxylic acids is 2. The molecule has 10 heteroatoms. The molecule has 3 aliphatic rings. The Bertz CT molecular complexity index is 897. The number of carboxylic acids is 1. The van der Waals surface area contributed by atoms with Gasteiger partial charge in [-0.2, -0.15) is 0 Å². The molecule has 5 atom stereocenters. The molecule has 2 saturated heterocycles. The van der Waals surface area contributed by atoms with Crippen LogP contribution >= 0.6 is 0 Å². The fourth-order valence-electron chi connectivity index (χ4n) is 5.94. The summed E-state index contributed by atoms with van der Waals surface area (Å²) in [7, 11) is 0.333. The Morgan fingerprint density at radius 1 is 1.31 bits per heavy atom. The van der Waals surface area contributed by atoms with Gasteiger partial charge in [-0.1, -0.05) is 33.4 Å². The van der Waals surface area contributed by atoms with Gasteiger partial charge in [-0.3, -0.25) is 4.79 Å².